The number of carbonyl (C=O) groups is 1. The van der Waals surface area contributed by atoms with E-state index in [0.29, 0.717) is 56.1 Å². The molecule has 0 bridgehead atoms. The number of carbonyl (C=O) groups excluding carboxylic acids is 1. The van der Waals surface area contributed by atoms with Crippen molar-refractivity contribution in [3.05, 3.63) is 17.7 Å². The third-order valence-electron chi connectivity index (χ3n) is 12.2. The zero-order valence-electron chi connectivity index (χ0n) is 39.9. The standard InChI is InChI=1S/C51H92N6O4/c1-5-9-13-16-19-22-25-28-31-34-38-59-45-41-44(48-53-49(52)54-50-55-51(58)56(37-12-8-4)43-57(48)50)42-46(60-39-35-32-29-26-23-20-17-14-10-6-2)47(45)61-40-36-33-30-27-24-21-18-15-11-7-3/h41-42,50H,5-40,43H2,1-4H3,(H2,52,54)(H,55,58). The number of benzene rings is 1. The van der Waals surface area contributed by atoms with Gasteiger partial charge in [-0.25, -0.2) is 9.79 Å². The summed E-state index contributed by atoms with van der Waals surface area (Å²) in [4.78, 5) is 26.2. The fourth-order valence-electron chi connectivity index (χ4n) is 8.34. The van der Waals surface area contributed by atoms with Crippen LogP contribution >= 0.6 is 0 Å². The summed E-state index contributed by atoms with van der Waals surface area (Å²) in [6.07, 6.45) is 39.5. The molecule has 1 unspecified atom stereocenters. The summed E-state index contributed by atoms with van der Waals surface area (Å²) in [6, 6.07) is 3.95. The number of nitrogens with one attached hydrogen (secondary N) is 1. The minimum Gasteiger partial charge on any atom is -0.490 e. The van der Waals surface area contributed by atoms with E-state index in [0.717, 1.165) is 56.9 Å². The monoisotopic (exact) mass is 853 g/mol. The molecule has 61 heavy (non-hydrogen) atoms. The maximum absolute atomic E-state index is 13.1. The van der Waals surface area contributed by atoms with Crippen molar-refractivity contribution < 1.29 is 19.0 Å². The number of urea groups is 1. The number of guanidine groups is 1. The highest BCUT2D eigenvalue weighted by Gasteiger charge is 2.36. The largest absolute Gasteiger partial charge is 0.490 e. The minimum absolute atomic E-state index is 0.135. The molecule has 2 aliphatic heterocycles. The number of hydrogen-bond acceptors (Lipinski definition) is 8. The molecule has 0 aromatic heterocycles. The SMILES string of the molecule is CCCCCCCCCCCCOc1cc(C2=NC(N)=NC3NC(=O)N(CCCC)CN23)cc(OCCCCCCCCCCCC)c1OCCCCCCCCCCCC. The highest BCUT2D eigenvalue weighted by molar-refractivity contribution is 6.08. The third kappa shape index (κ3) is 22.1. The molecule has 0 spiro atoms. The second-order valence-corrected chi connectivity index (χ2v) is 17.9. The molecule has 1 saturated heterocycles. The van der Waals surface area contributed by atoms with E-state index in [1.807, 2.05) is 21.9 Å². The van der Waals surface area contributed by atoms with Crippen molar-refractivity contribution in [2.45, 2.75) is 239 Å². The Hall–Kier alpha value is -3.17. The third-order valence-corrected chi connectivity index (χ3v) is 12.2. The number of ether oxygens (including phenoxy) is 3. The van der Waals surface area contributed by atoms with Gasteiger partial charge in [-0.1, -0.05) is 207 Å². The Morgan fingerprint density at radius 2 is 0.934 bits per heavy atom. The predicted molar refractivity (Wildman–Crippen MR) is 257 cm³/mol. The first-order chi connectivity index (χ1) is 30.0. The summed E-state index contributed by atoms with van der Waals surface area (Å²) >= 11 is 0. The van der Waals surface area contributed by atoms with E-state index in [-0.39, 0.29) is 12.0 Å². The Kier molecular flexibility index (Phi) is 29.4. The van der Waals surface area contributed by atoms with Gasteiger partial charge in [0, 0.05) is 12.1 Å². The summed E-state index contributed by atoms with van der Waals surface area (Å²) in [5, 5.41) is 3.04. The zero-order chi connectivity index (χ0) is 43.6. The van der Waals surface area contributed by atoms with Gasteiger partial charge in [0.2, 0.25) is 18.0 Å². The van der Waals surface area contributed by atoms with E-state index in [9.17, 15) is 4.79 Å². The zero-order valence-corrected chi connectivity index (χ0v) is 39.9. The van der Waals surface area contributed by atoms with Crippen molar-refractivity contribution in [3.8, 4) is 17.2 Å². The number of nitrogens with zero attached hydrogens (tertiary/aromatic N) is 4. The van der Waals surface area contributed by atoms with Gasteiger partial charge in [-0.3, -0.25) is 10.2 Å². The lowest BCUT2D eigenvalue weighted by molar-refractivity contribution is 0.106. The molecule has 2 amide bonds. The summed E-state index contributed by atoms with van der Waals surface area (Å²) < 4.78 is 20.0. The molecule has 1 atom stereocenters. The maximum atomic E-state index is 13.1. The first-order valence-electron chi connectivity index (χ1n) is 25.8. The van der Waals surface area contributed by atoms with Crippen molar-refractivity contribution in [3.63, 3.8) is 0 Å². The number of unbranched alkanes of at least 4 members (excludes halogenated alkanes) is 28. The lowest BCUT2D eigenvalue weighted by atomic mass is 10.1. The first-order valence-corrected chi connectivity index (χ1v) is 25.8. The van der Waals surface area contributed by atoms with E-state index in [4.69, 9.17) is 24.9 Å². The minimum atomic E-state index is -0.628. The van der Waals surface area contributed by atoms with Gasteiger partial charge in [0.1, 0.15) is 5.84 Å². The van der Waals surface area contributed by atoms with Gasteiger partial charge in [0.05, 0.1) is 26.5 Å². The number of aliphatic imine (C=N–C) groups is 2. The van der Waals surface area contributed by atoms with Crippen LogP contribution in [0.2, 0.25) is 0 Å². The quantitative estimate of drug-likeness (QED) is 0.0636. The number of hydrogen-bond donors (Lipinski definition) is 2. The van der Waals surface area contributed by atoms with Crippen LogP contribution in [-0.2, 0) is 0 Å². The molecule has 0 aliphatic carbocycles. The lowest BCUT2D eigenvalue weighted by Crippen LogP contribution is -2.64. The van der Waals surface area contributed by atoms with Crippen molar-refractivity contribution in [2.24, 2.45) is 15.7 Å². The molecule has 1 aromatic rings. The molecule has 2 heterocycles. The molecule has 3 N–H and O–H groups in total. The van der Waals surface area contributed by atoms with Crippen molar-refractivity contribution >= 4 is 17.8 Å². The van der Waals surface area contributed by atoms with Gasteiger partial charge in [0.15, 0.2) is 11.5 Å². The van der Waals surface area contributed by atoms with Crippen LogP contribution in [0.3, 0.4) is 0 Å². The number of fused-ring (bicyclic) bond motifs is 1. The molecule has 3 rings (SSSR count). The Labute approximate surface area is 374 Å². The Balaban J connectivity index is 1.75. The van der Waals surface area contributed by atoms with Crippen LogP contribution in [0.1, 0.15) is 239 Å². The summed E-state index contributed by atoms with van der Waals surface area (Å²) in [7, 11) is 0. The van der Waals surface area contributed by atoms with Crippen molar-refractivity contribution in [2.75, 3.05) is 33.0 Å². The fraction of sp³-hybridized carbons (Fsp3) is 0.824. The van der Waals surface area contributed by atoms with Gasteiger partial charge in [-0.2, -0.15) is 4.99 Å². The number of rotatable bonds is 40. The number of nitrogens with two attached hydrogens (primary N) is 1. The first kappa shape index (κ1) is 52.2. The lowest BCUT2D eigenvalue weighted by Gasteiger charge is -2.43. The molecule has 0 saturated carbocycles. The Morgan fingerprint density at radius 3 is 1.34 bits per heavy atom. The Bertz CT molecular complexity index is 1290. The molecule has 2 aliphatic rings. The summed E-state index contributed by atoms with van der Waals surface area (Å²) in [6.45, 7) is 11.8. The Morgan fingerprint density at radius 1 is 0.557 bits per heavy atom. The van der Waals surface area contributed by atoms with Gasteiger partial charge in [-0.15, -0.1) is 0 Å². The molecule has 1 aromatic carbocycles. The molecular weight excluding hydrogens is 761 g/mol. The summed E-state index contributed by atoms with van der Waals surface area (Å²) in [5.74, 6) is 2.84. The van der Waals surface area contributed by atoms with Crippen LogP contribution in [0, 0.1) is 0 Å². The van der Waals surface area contributed by atoms with Gasteiger partial charge < -0.3 is 24.8 Å². The van der Waals surface area contributed by atoms with Crippen LogP contribution in [0.5, 0.6) is 17.2 Å². The predicted octanol–water partition coefficient (Wildman–Crippen LogP) is 14.0. The van der Waals surface area contributed by atoms with E-state index >= 15 is 0 Å². The number of amidine groups is 1. The van der Waals surface area contributed by atoms with E-state index in [2.05, 4.69) is 38.0 Å². The fourth-order valence-corrected chi connectivity index (χ4v) is 8.34. The topological polar surface area (TPSA) is 114 Å². The van der Waals surface area contributed by atoms with Crippen LogP contribution in [0.4, 0.5) is 4.79 Å². The molecule has 350 valence electrons. The van der Waals surface area contributed by atoms with Crippen LogP contribution < -0.4 is 25.3 Å². The normalized spacial score (nSPS) is 15.1. The van der Waals surface area contributed by atoms with E-state index < -0.39 is 6.29 Å². The van der Waals surface area contributed by atoms with Gasteiger partial charge >= 0.3 is 6.03 Å². The van der Waals surface area contributed by atoms with Crippen molar-refractivity contribution in [1.29, 1.82) is 0 Å². The number of amides is 2. The second-order valence-electron chi connectivity index (χ2n) is 17.9. The molecule has 0 radical (unpaired) electrons. The molecule has 10 nitrogen and oxygen atoms in total. The van der Waals surface area contributed by atoms with Gasteiger partial charge in [0.25, 0.3) is 0 Å². The smallest absolute Gasteiger partial charge is 0.321 e. The van der Waals surface area contributed by atoms with E-state index in [1.165, 1.54) is 154 Å². The molecule has 1 fully saturated rings. The molecule has 10 heteroatoms. The van der Waals surface area contributed by atoms with Crippen LogP contribution in [0.25, 0.3) is 0 Å². The summed E-state index contributed by atoms with van der Waals surface area (Å²) in [5.41, 5.74) is 7.14. The van der Waals surface area contributed by atoms with Crippen LogP contribution in [-0.4, -0.2) is 66.9 Å². The highest BCUT2D eigenvalue weighted by Crippen LogP contribution is 2.40. The van der Waals surface area contributed by atoms with Gasteiger partial charge in [-0.05, 0) is 37.8 Å². The maximum Gasteiger partial charge on any atom is 0.321 e. The van der Waals surface area contributed by atoms with E-state index in [1.54, 1.807) is 0 Å². The second kappa shape index (κ2) is 34.3. The average Bonchev–Trinajstić information content (AvgIpc) is 3.26. The van der Waals surface area contributed by atoms with Crippen LogP contribution in [0.15, 0.2) is 22.1 Å². The average molecular weight is 853 g/mol. The van der Waals surface area contributed by atoms with Crippen molar-refractivity contribution in [1.82, 2.24) is 15.1 Å². The molecular formula is C51H92N6O4. The highest BCUT2D eigenvalue weighted by atomic mass is 16.5.